The normalized spacial score (nSPS) is 16.3. The van der Waals surface area contributed by atoms with Crippen LogP contribution in [0, 0.1) is 17.0 Å². The molecular formula is C12H19N5O2. The number of anilines is 2. The lowest BCUT2D eigenvalue weighted by atomic mass is 9.94. The summed E-state index contributed by atoms with van der Waals surface area (Å²) in [4.78, 5) is 20.6. The molecule has 104 valence electrons. The van der Waals surface area contributed by atoms with Crippen molar-refractivity contribution < 1.29 is 4.92 Å². The maximum absolute atomic E-state index is 11.2. The van der Waals surface area contributed by atoms with Crippen LogP contribution in [-0.2, 0) is 0 Å². The fraction of sp³-hybridized carbons (Fsp3) is 0.667. The molecule has 1 aliphatic rings. The molecule has 0 unspecified atom stereocenters. The molecule has 1 aromatic heterocycles. The van der Waals surface area contributed by atoms with Crippen LogP contribution in [0.25, 0.3) is 0 Å². The van der Waals surface area contributed by atoms with Gasteiger partial charge in [-0.2, -0.15) is 4.98 Å². The van der Waals surface area contributed by atoms with E-state index in [4.69, 9.17) is 5.73 Å². The molecule has 0 aliphatic heterocycles. The number of rotatable bonds is 3. The molecule has 2 rings (SSSR count). The molecule has 1 saturated carbocycles. The van der Waals surface area contributed by atoms with Gasteiger partial charge in [0.15, 0.2) is 0 Å². The molecule has 0 atom stereocenters. The molecular weight excluding hydrogens is 246 g/mol. The number of nitrogens with two attached hydrogens (primary N) is 1. The van der Waals surface area contributed by atoms with E-state index in [1.807, 2.05) is 11.9 Å². The predicted molar refractivity (Wildman–Crippen MR) is 73.1 cm³/mol. The monoisotopic (exact) mass is 265 g/mol. The largest absolute Gasteiger partial charge is 0.368 e. The van der Waals surface area contributed by atoms with Gasteiger partial charge < -0.3 is 10.6 Å². The highest BCUT2D eigenvalue weighted by Crippen LogP contribution is 2.32. The Kier molecular flexibility index (Phi) is 3.82. The van der Waals surface area contributed by atoms with E-state index in [9.17, 15) is 10.1 Å². The van der Waals surface area contributed by atoms with Gasteiger partial charge in [0.05, 0.1) is 4.92 Å². The molecule has 7 nitrogen and oxygen atoms in total. The first-order valence-corrected chi connectivity index (χ1v) is 6.52. The third-order valence-electron chi connectivity index (χ3n) is 3.70. The Labute approximate surface area is 112 Å². The molecule has 19 heavy (non-hydrogen) atoms. The van der Waals surface area contributed by atoms with Gasteiger partial charge in [-0.15, -0.1) is 0 Å². The average Bonchev–Trinajstić information content (AvgIpc) is 2.37. The van der Waals surface area contributed by atoms with Crippen LogP contribution in [0.5, 0.6) is 0 Å². The lowest BCUT2D eigenvalue weighted by Crippen LogP contribution is -2.34. The first-order valence-electron chi connectivity index (χ1n) is 6.52. The van der Waals surface area contributed by atoms with E-state index in [2.05, 4.69) is 9.97 Å². The summed E-state index contributed by atoms with van der Waals surface area (Å²) in [5.41, 5.74) is 5.90. The van der Waals surface area contributed by atoms with Crippen molar-refractivity contribution in [3.8, 4) is 0 Å². The molecule has 0 bridgehead atoms. The molecule has 1 heterocycles. The summed E-state index contributed by atoms with van der Waals surface area (Å²) in [6.45, 7) is 1.59. The van der Waals surface area contributed by atoms with Crippen LogP contribution in [0.1, 0.15) is 37.8 Å². The Morgan fingerprint density at radius 3 is 2.53 bits per heavy atom. The quantitative estimate of drug-likeness (QED) is 0.663. The molecule has 2 N–H and O–H groups in total. The highest BCUT2D eigenvalue weighted by atomic mass is 16.6. The summed E-state index contributed by atoms with van der Waals surface area (Å²) in [5, 5.41) is 11.2. The van der Waals surface area contributed by atoms with Crippen molar-refractivity contribution in [3.05, 3.63) is 15.8 Å². The highest BCUT2D eigenvalue weighted by Gasteiger charge is 2.28. The number of hydrogen-bond donors (Lipinski definition) is 1. The summed E-state index contributed by atoms with van der Waals surface area (Å²) in [6, 6.07) is 0.293. The van der Waals surface area contributed by atoms with Crippen molar-refractivity contribution in [3.63, 3.8) is 0 Å². The standard InChI is InChI=1S/C12H19N5O2/c1-8-10(17(18)19)11(15-12(13)14-8)16(2)9-6-4-3-5-7-9/h9H,3-7H2,1-2H3,(H2,13,14,15). The van der Waals surface area contributed by atoms with Gasteiger partial charge in [0.2, 0.25) is 11.8 Å². The molecule has 0 aromatic carbocycles. The number of aryl methyl sites for hydroxylation is 1. The third-order valence-corrected chi connectivity index (χ3v) is 3.70. The Hall–Kier alpha value is -1.92. The fourth-order valence-corrected chi connectivity index (χ4v) is 2.67. The summed E-state index contributed by atoms with van der Waals surface area (Å²) in [5.74, 6) is 0.419. The minimum absolute atomic E-state index is 0.0396. The second-order valence-corrected chi connectivity index (χ2v) is 5.00. The SMILES string of the molecule is Cc1nc(N)nc(N(C)C2CCCCC2)c1[N+](=O)[O-]. The maximum Gasteiger partial charge on any atom is 0.332 e. The zero-order valence-corrected chi connectivity index (χ0v) is 11.3. The summed E-state index contributed by atoms with van der Waals surface area (Å²) in [7, 11) is 1.85. The van der Waals surface area contributed by atoms with Crippen LogP contribution in [-0.4, -0.2) is 28.0 Å². The van der Waals surface area contributed by atoms with E-state index < -0.39 is 4.92 Å². The predicted octanol–water partition coefficient (Wildman–Crippen LogP) is 2.04. The first kappa shape index (κ1) is 13.5. The zero-order chi connectivity index (χ0) is 14.0. The van der Waals surface area contributed by atoms with Gasteiger partial charge in [-0.25, -0.2) is 4.98 Å². The lowest BCUT2D eigenvalue weighted by molar-refractivity contribution is -0.385. The van der Waals surface area contributed by atoms with Gasteiger partial charge >= 0.3 is 5.69 Å². The van der Waals surface area contributed by atoms with Crippen molar-refractivity contribution >= 4 is 17.5 Å². The van der Waals surface area contributed by atoms with Crippen LogP contribution >= 0.6 is 0 Å². The van der Waals surface area contributed by atoms with Gasteiger partial charge in [-0.05, 0) is 19.8 Å². The van der Waals surface area contributed by atoms with E-state index >= 15 is 0 Å². The van der Waals surface area contributed by atoms with Gasteiger partial charge in [-0.1, -0.05) is 19.3 Å². The van der Waals surface area contributed by atoms with Crippen LogP contribution in [0.4, 0.5) is 17.5 Å². The summed E-state index contributed by atoms with van der Waals surface area (Å²) < 4.78 is 0. The highest BCUT2D eigenvalue weighted by molar-refractivity contribution is 5.62. The van der Waals surface area contributed by atoms with Crippen LogP contribution in [0.3, 0.4) is 0 Å². The second-order valence-electron chi connectivity index (χ2n) is 5.00. The van der Waals surface area contributed by atoms with E-state index in [1.165, 1.54) is 6.42 Å². The molecule has 0 radical (unpaired) electrons. The maximum atomic E-state index is 11.2. The molecule has 0 saturated heterocycles. The van der Waals surface area contributed by atoms with E-state index in [1.54, 1.807) is 6.92 Å². The Balaban J connectivity index is 2.39. The number of hydrogen-bond acceptors (Lipinski definition) is 6. The molecule has 1 aromatic rings. The van der Waals surface area contributed by atoms with Crippen molar-refractivity contribution in [2.45, 2.75) is 45.1 Å². The molecule has 0 spiro atoms. The van der Waals surface area contributed by atoms with Crippen molar-refractivity contribution in [2.75, 3.05) is 17.7 Å². The van der Waals surface area contributed by atoms with Crippen LogP contribution in [0.15, 0.2) is 0 Å². The number of nitrogen functional groups attached to an aromatic ring is 1. The van der Waals surface area contributed by atoms with Crippen molar-refractivity contribution in [1.29, 1.82) is 0 Å². The van der Waals surface area contributed by atoms with Crippen LogP contribution in [0.2, 0.25) is 0 Å². The van der Waals surface area contributed by atoms with Crippen molar-refractivity contribution in [2.24, 2.45) is 0 Å². The molecule has 7 heteroatoms. The van der Waals surface area contributed by atoms with E-state index in [0.29, 0.717) is 17.6 Å². The summed E-state index contributed by atoms with van der Waals surface area (Å²) >= 11 is 0. The van der Waals surface area contributed by atoms with E-state index in [-0.39, 0.29) is 11.6 Å². The number of nitro groups is 1. The smallest absolute Gasteiger partial charge is 0.332 e. The molecule has 0 amide bonds. The molecule has 1 fully saturated rings. The minimum atomic E-state index is -0.427. The Morgan fingerprint density at radius 2 is 1.95 bits per heavy atom. The van der Waals surface area contributed by atoms with Gasteiger partial charge in [-0.3, -0.25) is 10.1 Å². The number of aromatic nitrogens is 2. The van der Waals surface area contributed by atoms with Crippen LogP contribution < -0.4 is 10.6 Å². The zero-order valence-electron chi connectivity index (χ0n) is 11.3. The molecule has 1 aliphatic carbocycles. The first-order chi connectivity index (χ1) is 9.00. The Bertz CT molecular complexity index is 485. The van der Waals surface area contributed by atoms with E-state index in [0.717, 1.165) is 25.7 Å². The summed E-state index contributed by atoms with van der Waals surface area (Å²) in [6.07, 6.45) is 5.62. The second kappa shape index (κ2) is 5.38. The average molecular weight is 265 g/mol. The van der Waals surface area contributed by atoms with Gasteiger partial charge in [0, 0.05) is 13.1 Å². The third kappa shape index (κ3) is 2.74. The number of nitrogens with zero attached hydrogens (tertiary/aromatic N) is 4. The Morgan fingerprint density at radius 1 is 1.32 bits per heavy atom. The van der Waals surface area contributed by atoms with Gasteiger partial charge in [0.1, 0.15) is 5.69 Å². The lowest BCUT2D eigenvalue weighted by Gasteiger charge is -2.31. The minimum Gasteiger partial charge on any atom is -0.368 e. The topological polar surface area (TPSA) is 98.2 Å². The van der Waals surface area contributed by atoms with Gasteiger partial charge in [0.25, 0.3) is 0 Å². The van der Waals surface area contributed by atoms with Crippen molar-refractivity contribution in [1.82, 2.24) is 9.97 Å². The fourth-order valence-electron chi connectivity index (χ4n) is 2.67.